The summed E-state index contributed by atoms with van der Waals surface area (Å²) in [4.78, 5) is 0. The van der Waals surface area contributed by atoms with E-state index in [1.165, 1.54) is 0 Å². The molecule has 2 rings (SSSR count). The molecule has 0 saturated heterocycles. The van der Waals surface area contributed by atoms with Crippen LogP contribution in [0.2, 0.25) is 5.02 Å². The second-order valence-electron chi connectivity index (χ2n) is 4.11. The van der Waals surface area contributed by atoms with Crippen molar-refractivity contribution in [2.24, 2.45) is 0 Å². The molecule has 3 heteroatoms. The molecule has 1 heterocycles. The van der Waals surface area contributed by atoms with Gasteiger partial charge in [-0.1, -0.05) is 29.8 Å². The molecule has 0 bridgehead atoms. The zero-order valence-corrected chi connectivity index (χ0v) is 10.00. The number of aliphatic hydroxyl groups is 1. The lowest BCUT2D eigenvalue weighted by Gasteiger charge is -2.29. The first kappa shape index (κ1) is 11.5. The predicted molar refractivity (Wildman–Crippen MR) is 64.3 cm³/mol. The highest BCUT2D eigenvalue weighted by Gasteiger charge is 2.32. The van der Waals surface area contributed by atoms with Gasteiger partial charge in [0.05, 0.1) is 6.61 Å². The molecule has 1 aliphatic rings. The normalized spacial score (nSPS) is 19.6. The van der Waals surface area contributed by atoms with Gasteiger partial charge in [-0.3, -0.25) is 0 Å². The number of halogens is 1. The van der Waals surface area contributed by atoms with E-state index in [0.29, 0.717) is 23.0 Å². The number of hydrogen-bond donors (Lipinski definition) is 1. The molecule has 0 spiro atoms. The van der Waals surface area contributed by atoms with Crippen molar-refractivity contribution in [1.29, 1.82) is 0 Å². The molecule has 1 unspecified atom stereocenters. The highest BCUT2D eigenvalue weighted by atomic mass is 35.5. The Morgan fingerprint density at radius 3 is 2.75 bits per heavy atom. The zero-order valence-electron chi connectivity index (χ0n) is 9.24. The third kappa shape index (κ3) is 2.08. The molecule has 1 atom stereocenters. The van der Waals surface area contributed by atoms with Gasteiger partial charge in [-0.2, -0.15) is 0 Å². The summed E-state index contributed by atoms with van der Waals surface area (Å²) in [7, 11) is 0. The van der Waals surface area contributed by atoms with E-state index in [0.717, 1.165) is 12.8 Å². The molecule has 16 heavy (non-hydrogen) atoms. The summed E-state index contributed by atoms with van der Waals surface area (Å²) in [5.41, 5.74) is -0.455. The van der Waals surface area contributed by atoms with Crippen LogP contribution in [0.25, 0.3) is 0 Å². The van der Waals surface area contributed by atoms with Crippen LogP contribution in [0, 0.1) is 0 Å². The first-order chi connectivity index (χ1) is 7.62. The largest absolute Gasteiger partial charge is 0.495 e. The Balaban J connectivity index is 2.38. The van der Waals surface area contributed by atoms with E-state index in [2.05, 4.69) is 0 Å². The van der Waals surface area contributed by atoms with Crippen LogP contribution < -0.4 is 0 Å². The lowest BCUT2D eigenvalue weighted by Crippen LogP contribution is -2.27. The second-order valence-corrected chi connectivity index (χ2v) is 4.52. The third-order valence-electron chi connectivity index (χ3n) is 2.81. The number of ether oxygens (including phenoxy) is 1. The molecule has 0 radical (unpaired) electrons. The Bertz CT molecular complexity index is 410. The number of benzene rings is 1. The maximum atomic E-state index is 10.5. The predicted octanol–water partition coefficient (Wildman–Crippen LogP) is 3.24. The molecule has 2 nitrogen and oxygen atoms in total. The van der Waals surface area contributed by atoms with E-state index >= 15 is 0 Å². The lowest BCUT2D eigenvalue weighted by atomic mass is 9.92. The smallest absolute Gasteiger partial charge is 0.145 e. The van der Waals surface area contributed by atoms with Crippen molar-refractivity contribution >= 4 is 11.6 Å². The molecule has 1 aromatic rings. The van der Waals surface area contributed by atoms with Gasteiger partial charge in [0.25, 0.3) is 0 Å². The molecule has 0 saturated carbocycles. The van der Waals surface area contributed by atoms with E-state index in [1.54, 1.807) is 13.0 Å². The molecule has 86 valence electrons. The summed E-state index contributed by atoms with van der Waals surface area (Å²) in [5.74, 6) is 0.604. The average molecular weight is 239 g/mol. The summed E-state index contributed by atoms with van der Waals surface area (Å²) < 4.78 is 5.50. The van der Waals surface area contributed by atoms with Gasteiger partial charge >= 0.3 is 0 Å². The van der Waals surface area contributed by atoms with Gasteiger partial charge in [-0.15, -0.1) is 0 Å². The van der Waals surface area contributed by atoms with E-state index in [-0.39, 0.29) is 0 Å². The monoisotopic (exact) mass is 238 g/mol. The fraction of sp³-hybridized carbons (Fsp3) is 0.385. The summed E-state index contributed by atoms with van der Waals surface area (Å²) in [6.07, 6.45) is 3.88. The van der Waals surface area contributed by atoms with Crippen molar-refractivity contribution in [3.63, 3.8) is 0 Å². The summed E-state index contributed by atoms with van der Waals surface area (Å²) in [6.45, 7) is 2.37. The van der Waals surface area contributed by atoms with Crippen LogP contribution >= 0.6 is 11.6 Å². The van der Waals surface area contributed by atoms with Gasteiger partial charge in [-0.25, -0.2) is 0 Å². The highest BCUT2D eigenvalue weighted by molar-refractivity contribution is 6.31. The topological polar surface area (TPSA) is 29.5 Å². The minimum Gasteiger partial charge on any atom is -0.495 e. The fourth-order valence-corrected chi connectivity index (χ4v) is 2.21. The van der Waals surface area contributed by atoms with Crippen molar-refractivity contribution in [3.8, 4) is 0 Å². The Labute approximate surface area is 101 Å². The van der Waals surface area contributed by atoms with Crippen LogP contribution in [-0.4, -0.2) is 11.7 Å². The first-order valence-electron chi connectivity index (χ1n) is 5.43. The standard InChI is InChI=1S/C13H15ClO2/c1-13(15,12-8-4-5-9-16-12)10-6-2-3-7-11(10)14/h2-3,6-8,15H,4-5,9H2,1H3. The van der Waals surface area contributed by atoms with Crippen LogP contribution in [0.15, 0.2) is 36.1 Å². The van der Waals surface area contributed by atoms with Crippen molar-refractivity contribution in [2.45, 2.75) is 25.4 Å². The van der Waals surface area contributed by atoms with Crippen LogP contribution in [0.1, 0.15) is 25.3 Å². The molecule has 0 amide bonds. The van der Waals surface area contributed by atoms with Crippen LogP contribution in [-0.2, 0) is 10.3 Å². The van der Waals surface area contributed by atoms with Crippen molar-refractivity contribution < 1.29 is 9.84 Å². The maximum absolute atomic E-state index is 10.5. The van der Waals surface area contributed by atoms with E-state index in [9.17, 15) is 5.11 Å². The van der Waals surface area contributed by atoms with Crippen molar-refractivity contribution in [1.82, 2.24) is 0 Å². The van der Waals surface area contributed by atoms with E-state index in [4.69, 9.17) is 16.3 Å². The fourth-order valence-electron chi connectivity index (χ4n) is 1.89. The van der Waals surface area contributed by atoms with E-state index in [1.807, 2.05) is 24.3 Å². The third-order valence-corrected chi connectivity index (χ3v) is 3.14. The van der Waals surface area contributed by atoms with Gasteiger partial charge in [-0.05, 0) is 31.9 Å². The van der Waals surface area contributed by atoms with Gasteiger partial charge in [0.1, 0.15) is 11.4 Å². The van der Waals surface area contributed by atoms with Gasteiger partial charge in [0, 0.05) is 10.6 Å². The zero-order chi connectivity index (χ0) is 11.6. The molecule has 1 aromatic carbocycles. The Morgan fingerprint density at radius 2 is 2.12 bits per heavy atom. The van der Waals surface area contributed by atoms with Crippen LogP contribution in [0.5, 0.6) is 0 Å². The number of allylic oxidation sites excluding steroid dienone is 1. The summed E-state index contributed by atoms with van der Waals surface area (Å²) in [5, 5.41) is 11.1. The molecular weight excluding hydrogens is 224 g/mol. The van der Waals surface area contributed by atoms with Crippen LogP contribution in [0.4, 0.5) is 0 Å². The highest BCUT2D eigenvalue weighted by Crippen LogP contribution is 2.35. The van der Waals surface area contributed by atoms with Crippen LogP contribution in [0.3, 0.4) is 0 Å². The molecule has 0 aliphatic carbocycles. The molecule has 0 fully saturated rings. The second kappa shape index (κ2) is 4.48. The minimum atomic E-state index is -1.14. The van der Waals surface area contributed by atoms with E-state index < -0.39 is 5.60 Å². The van der Waals surface area contributed by atoms with Crippen molar-refractivity contribution in [3.05, 3.63) is 46.7 Å². The Kier molecular flexibility index (Phi) is 3.22. The van der Waals surface area contributed by atoms with Gasteiger partial charge in [0.2, 0.25) is 0 Å². The molecule has 0 aromatic heterocycles. The molecule has 1 aliphatic heterocycles. The van der Waals surface area contributed by atoms with Crippen molar-refractivity contribution in [2.75, 3.05) is 6.61 Å². The Hall–Kier alpha value is -0.990. The quantitative estimate of drug-likeness (QED) is 0.857. The molecule has 1 N–H and O–H groups in total. The first-order valence-corrected chi connectivity index (χ1v) is 5.81. The SMILES string of the molecule is CC(O)(C1=CCCCO1)c1ccccc1Cl. The number of rotatable bonds is 2. The van der Waals surface area contributed by atoms with Gasteiger partial charge < -0.3 is 9.84 Å². The number of hydrogen-bond acceptors (Lipinski definition) is 2. The average Bonchev–Trinajstić information content (AvgIpc) is 2.30. The minimum absolute atomic E-state index is 0.558. The molecular formula is C13H15ClO2. The van der Waals surface area contributed by atoms with Gasteiger partial charge in [0.15, 0.2) is 0 Å². The maximum Gasteiger partial charge on any atom is 0.145 e. The lowest BCUT2D eigenvalue weighted by molar-refractivity contribution is 0.0151. The summed E-state index contributed by atoms with van der Waals surface area (Å²) >= 11 is 6.09. The summed E-state index contributed by atoms with van der Waals surface area (Å²) in [6, 6.07) is 7.30. The Morgan fingerprint density at radius 1 is 1.38 bits per heavy atom.